The van der Waals surface area contributed by atoms with Gasteiger partial charge in [-0.1, -0.05) is 28.1 Å². The minimum absolute atomic E-state index is 0.605. The van der Waals surface area contributed by atoms with Crippen LogP contribution >= 0.6 is 15.9 Å². The van der Waals surface area contributed by atoms with E-state index in [1.54, 1.807) is 7.11 Å². The highest BCUT2D eigenvalue weighted by Gasteiger charge is 2.23. The van der Waals surface area contributed by atoms with Gasteiger partial charge in [0.2, 0.25) is 0 Å². The second-order valence-electron chi connectivity index (χ2n) is 4.35. The fourth-order valence-electron chi connectivity index (χ4n) is 2.31. The van der Waals surface area contributed by atoms with Crippen LogP contribution in [0.3, 0.4) is 0 Å². The van der Waals surface area contributed by atoms with E-state index in [2.05, 4.69) is 45.1 Å². The van der Waals surface area contributed by atoms with Gasteiger partial charge in [-0.05, 0) is 37.1 Å². The molecule has 1 aliphatic heterocycles. The zero-order chi connectivity index (χ0) is 11.4. The molecule has 0 amide bonds. The Morgan fingerprint density at radius 1 is 1.38 bits per heavy atom. The number of likely N-dealkylation sites (tertiary alicyclic amines) is 1. The van der Waals surface area contributed by atoms with Gasteiger partial charge >= 0.3 is 0 Å². The molecule has 1 heterocycles. The summed E-state index contributed by atoms with van der Waals surface area (Å²) in [5, 5.41) is 0. The highest BCUT2D eigenvalue weighted by atomic mass is 79.9. The SMILES string of the molecule is COCC1CCCN1Cc1ccc(Br)cc1. The summed E-state index contributed by atoms with van der Waals surface area (Å²) < 4.78 is 6.41. The van der Waals surface area contributed by atoms with Crippen LogP contribution in [0.4, 0.5) is 0 Å². The molecule has 2 nitrogen and oxygen atoms in total. The predicted octanol–water partition coefficient (Wildman–Crippen LogP) is 3.06. The number of rotatable bonds is 4. The molecule has 1 fully saturated rings. The van der Waals surface area contributed by atoms with E-state index in [0.29, 0.717) is 6.04 Å². The Balaban J connectivity index is 1.95. The van der Waals surface area contributed by atoms with Crippen LogP contribution in [-0.4, -0.2) is 31.2 Å². The van der Waals surface area contributed by atoms with Gasteiger partial charge in [-0.2, -0.15) is 0 Å². The minimum atomic E-state index is 0.605. The van der Waals surface area contributed by atoms with Crippen molar-refractivity contribution in [2.45, 2.75) is 25.4 Å². The highest BCUT2D eigenvalue weighted by Crippen LogP contribution is 2.21. The van der Waals surface area contributed by atoms with Gasteiger partial charge in [-0.15, -0.1) is 0 Å². The molecule has 0 aromatic heterocycles. The second-order valence-corrected chi connectivity index (χ2v) is 5.26. The molecule has 1 saturated heterocycles. The smallest absolute Gasteiger partial charge is 0.0618 e. The van der Waals surface area contributed by atoms with Crippen molar-refractivity contribution < 1.29 is 4.74 Å². The zero-order valence-electron chi connectivity index (χ0n) is 9.66. The standard InChI is InChI=1S/C13H18BrNO/c1-16-10-13-3-2-8-15(13)9-11-4-6-12(14)7-5-11/h4-7,13H,2-3,8-10H2,1H3. The van der Waals surface area contributed by atoms with E-state index in [4.69, 9.17) is 4.74 Å². The molecule has 1 unspecified atom stereocenters. The topological polar surface area (TPSA) is 12.5 Å². The van der Waals surface area contributed by atoms with Crippen LogP contribution in [0.5, 0.6) is 0 Å². The third kappa shape index (κ3) is 3.06. The van der Waals surface area contributed by atoms with Crippen LogP contribution in [0.1, 0.15) is 18.4 Å². The Hall–Kier alpha value is -0.380. The first-order valence-electron chi connectivity index (χ1n) is 5.77. The molecule has 0 saturated carbocycles. The lowest BCUT2D eigenvalue weighted by molar-refractivity contribution is 0.112. The van der Waals surface area contributed by atoms with Gasteiger partial charge in [0.25, 0.3) is 0 Å². The van der Waals surface area contributed by atoms with Gasteiger partial charge in [-0.25, -0.2) is 0 Å². The summed E-state index contributed by atoms with van der Waals surface area (Å²) in [7, 11) is 1.79. The van der Waals surface area contributed by atoms with Crippen molar-refractivity contribution in [1.29, 1.82) is 0 Å². The molecule has 16 heavy (non-hydrogen) atoms. The van der Waals surface area contributed by atoms with E-state index in [1.807, 2.05) is 0 Å². The molecule has 0 radical (unpaired) electrons. The molecule has 0 bridgehead atoms. The number of benzene rings is 1. The van der Waals surface area contributed by atoms with Crippen molar-refractivity contribution in [2.24, 2.45) is 0 Å². The number of methoxy groups -OCH3 is 1. The van der Waals surface area contributed by atoms with E-state index in [1.165, 1.54) is 24.9 Å². The first kappa shape index (κ1) is 12.1. The van der Waals surface area contributed by atoms with Gasteiger partial charge in [0.1, 0.15) is 0 Å². The first-order chi connectivity index (χ1) is 7.79. The lowest BCUT2D eigenvalue weighted by atomic mass is 10.2. The highest BCUT2D eigenvalue weighted by molar-refractivity contribution is 9.10. The lowest BCUT2D eigenvalue weighted by Gasteiger charge is -2.23. The Morgan fingerprint density at radius 3 is 2.81 bits per heavy atom. The first-order valence-corrected chi connectivity index (χ1v) is 6.56. The molecule has 1 aliphatic rings. The van der Waals surface area contributed by atoms with Crippen molar-refractivity contribution in [2.75, 3.05) is 20.3 Å². The van der Waals surface area contributed by atoms with E-state index in [0.717, 1.165) is 17.6 Å². The van der Waals surface area contributed by atoms with Gasteiger partial charge in [-0.3, -0.25) is 4.90 Å². The van der Waals surface area contributed by atoms with Crippen LogP contribution in [0, 0.1) is 0 Å². The van der Waals surface area contributed by atoms with Crippen molar-refractivity contribution >= 4 is 15.9 Å². The van der Waals surface area contributed by atoms with Gasteiger partial charge in [0.15, 0.2) is 0 Å². The molecule has 0 aliphatic carbocycles. The average molecular weight is 284 g/mol. The Labute approximate surface area is 106 Å². The number of hydrogen-bond acceptors (Lipinski definition) is 2. The molecule has 3 heteroatoms. The number of halogens is 1. The van der Waals surface area contributed by atoms with E-state index in [9.17, 15) is 0 Å². The molecule has 2 rings (SSSR count). The van der Waals surface area contributed by atoms with Crippen molar-refractivity contribution in [3.8, 4) is 0 Å². The predicted molar refractivity (Wildman–Crippen MR) is 69.5 cm³/mol. The zero-order valence-corrected chi connectivity index (χ0v) is 11.2. The van der Waals surface area contributed by atoms with Crippen LogP contribution < -0.4 is 0 Å². The largest absolute Gasteiger partial charge is 0.383 e. The van der Waals surface area contributed by atoms with Crippen molar-refractivity contribution in [1.82, 2.24) is 4.90 Å². The maximum absolute atomic E-state index is 5.26. The minimum Gasteiger partial charge on any atom is -0.383 e. The summed E-state index contributed by atoms with van der Waals surface area (Å²) in [4.78, 5) is 2.52. The van der Waals surface area contributed by atoms with Crippen LogP contribution in [0.25, 0.3) is 0 Å². The van der Waals surface area contributed by atoms with Crippen LogP contribution in [0.2, 0.25) is 0 Å². The fraction of sp³-hybridized carbons (Fsp3) is 0.538. The molecule has 88 valence electrons. The second kappa shape index (κ2) is 5.80. The molecular formula is C13H18BrNO. The third-order valence-corrected chi connectivity index (χ3v) is 3.69. The Bertz CT molecular complexity index is 325. The quantitative estimate of drug-likeness (QED) is 0.842. The van der Waals surface area contributed by atoms with E-state index in [-0.39, 0.29) is 0 Å². The molecule has 0 N–H and O–H groups in total. The van der Waals surface area contributed by atoms with Gasteiger partial charge < -0.3 is 4.74 Å². The van der Waals surface area contributed by atoms with Crippen LogP contribution in [0.15, 0.2) is 28.7 Å². The Morgan fingerprint density at radius 2 is 2.12 bits per heavy atom. The number of hydrogen-bond donors (Lipinski definition) is 0. The summed E-state index contributed by atoms with van der Waals surface area (Å²) in [6.07, 6.45) is 2.56. The monoisotopic (exact) mass is 283 g/mol. The number of ether oxygens (including phenoxy) is 1. The third-order valence-electron chi connectivity index (χ3n) is 3.16. The average Bonchev–Trinajstić information content (AvgIpc) is 2.70. The van der Waals surface area contributed by atoms with Crippen LogP contribution in [-0.2, 0) is 11.3 Å². The van der Waals surface area contributed by atoms with Crippen molar-refractivity contribution in [3.63, 3.8) is 0 Å². The fourth-order valence-corrected chi connectivity index (χ4v) is 2.57. The summed E-state index contributed by atoms with van der Waals surface area (Å²) in [5.74, 6) is 0. The molecular weight excluding hydrogens is 266 g/mol. The maximum Gasteiger partial charge on any atom is 0.0618 e. The number of nitrogens with zero attached hydrogens (tertiary/aromatic N) is 1. The molecule has 0 spiro atoms. The summed E-state index contributed by atoms with van der Waals surface area (Å²) >= 11 is 3.46. The summed E-state index contributed by atoms with van der Waals surface area (Å²) in [6, 6.07) is 9.19. The summed E-state index contributed by atoms with van der Waals surface area (Å²) in [6.45, 7) is 3.10. The van der Waals surface area contributed by atoms with E-state index >= 15 is 0 Å². The van der Waals surface area contributed by atoms with E-state index < -0.39 is 0 Å². The van der Waals surface area contributed by atoms with Gasteiger partial charge in [0, 0.05) is 24.2 Å². The van der Waals surface area contributed by atoms with Gasteiger partial charge in [0.05, 0.1) is 6.61 Å². The molecule has 1 aromatic carbocycles. The molecule has 1 atom stereocenters. The summed E-state index contributed by atoms with van der Waals surface area (Å²) in [5.41, 5.74) is 1.38. The Kier molecular flexibility index (Phi) is 4.38. The lowest BCUT2D eigenvalue weighted by Crippen LogP contribution is -2.32. The van der Waals surface area contributed by atoms with Crippen molar-refractivity contribution in [3.05, 3.63) is 34.3 Å². The maximum atomic E-state index is 5.26. The molecule has 1 aromatic rings. The normalized spacial score (nSPS) is 21.5.